The summed E-state index contributed by atoms with van der Waals surface area (Å²) in [5, 5.41) is 14.2. The third-order valence-electron chi connectivity index (χ3n) is 15.4. The molecule has 0 radical (unpaired) electrons. The van der Waals surface area contributed by atoms with Gasteiger partial charge in [0.15, 0.2) is 0 Å². The largest absolute Gasteiger partial charge is 0.379 e. The Hall–Kier alpha value is -7.08. The highest BCUT2D eigenvalue weighted by molar-refractivity contribution is 6.13. The number of nitrogens with zero attached hydrogens (tertiary/aromatic N) is 1. The van der Waals surface area contributed by atoms with Crippen molar-refractivity contribution in [1.82, 2.24) is 26.6 Å². The standard InChI is InChI=1S/C77H116N6O25/c1-4-25-90-36-44-98-52-56-102-49-41-95-33-22-79-72(85)17-29-106-62-77(63-107-30-18-73(86)80-23-34-96-42-50-103-57-53-99-45-37-91-26-5-2,64-108-31-19-74(87)81-24-35-97-43-51-104-58-54-100-46-38-92-27-6-3)82-75(88)20-28-93-39-47-101-55-59-105-48-40-94-32-21-78-71(84)15-16-76(89)83-61-65-11-7-8-12-66(65)68-60-69(68)67-13-9-10-14-70(67)83/h1-3,7-14H,15-64H2,(H,78,84)(H,79,85)(H,80,86)(H,81,87)(H,82,88). The van der Waals surface area contributed by atoms with Gasteiger partial charge >= 0.3 is 0 Å². The summed E-state index contributed by atoms with van der Waals surface area (Å²) >= 11 is 0. The van der Waals surface area contributed by atoms with E-state index in [9.17, 15) is 28.8 Å². The summed E-state index contributed by atoms with van der Waals surface area (Å²) in [6.07, 6.45) is 16.3. The van der Waals surface area contributed by atoms with E-state index in [0.29, 0.717) is 145 Å². The van der Waals surface area contributed by atoms with Gasteiger partial charge in [0.1, 0.15) is 25.4 Å². The minimum absolute atomic E-state index is 0.0207. The van der Waals surface area contributed by atoms with E-state index in [1.807, 2.05) is 30.3 Å². The summed E-state index contributed by atoms with van der Waals surface area (Å²) in [6.45, 7) is 10.7. The molecule has 31 nitrogen and oxygen atoms in total. The van der Waals surface area contributed by atoms with Crippen molar-refractivity contribution < 1.29 is 119 Å². The molecule has 1 heterocycles. The average molecular weight is 1530 g/mol. The highest BCUT2D eigenvalue weighted by Crippen LogP contribution is 2.52. The monoisotopic (exact) mass is 1520 g/mol. The van der Waals surface area contributed by atoms with E-state index in [1.165, 1.54) is 16.7 Å². The van der Waals surface area contributed by atoms with E-state index in [0.717, 1.165) is 23.2 Å². The molecule has 1 aliphatic carbocycles. The Bertz CT molecular complexity index is 2770. The maximum atomic E-state index is 13.8. The van der Waals surface area contributed by atoms with Crippen LogP contribution in [0.15, 0.2) is 48.5 Å². The van der Waals surface area contributed by atoms with Gasteiger partial charge in [0.05, 0.1) is 243 Å². The zero-order valence-corrected chi connectivity index (χ0v) is 62.9. The fourth-order valence-corrected chi connectivity index (χ4v) is 9.99. The van der Waals surface area contributed by atoms with Gasteiger partial charge in [-0.05, 0) is 34.8 Å². The van der Waals surface area contributed by atoms with Crippen LogP contribution >= 0.6 is 0 Å². The molecule has 5 N–H and O–H groups in total. The summed E-state index contributed by atoms with van der Waals surface area (Å²) in [5.41, 5.74) is 5.41. The molecule has 108 heavy (non-hydrogen) atoms. The lowest BCUT2D eigenvalue weighted by Gasteiger charge is -2.34. The number of fused-ring (bicyclic) bond motifs is 4. The molecule has 0 spiro atoms. The summed E-state index contributed by atoms with van der Waals surface area (Å²) in [7, 11) is 0. The first-order valence-electron chi connectivity index (χ1n) is 36.9. The number of hydrogen-bond donors (Lipinski definition) is 5. The predicted octanol–water partition coefficient (Wildman–Crippen LogP) is 1.72. The zero-order valence-electron chi connectivity index (χ0n) is 62.9. The number of para-hydroxylation sites is 1. The van der Waals surface area contributed by atoms with Gasteiger partial charge in [-0.25, -0.2) is 0 Å². The van der Waals surface area contributed by atoms with Crippen molar-refractivity contribution in [2.45, 2.75) is 57.0 Å². The zero-order chi connectivity index (χ0) is 77.1. The first kappa shape index (κ1) is 93.3. The summed E-state index contributed by atoms with van der Waals surface area (Å²) in [4.78, 5) is 80.7. The normalized spacial score (nSPS) is 12.2. The molecule has 0 bridgehead atoms. The minimum atomic E-state index is -1.38. The summed E-state index contributed by atoms with van der Waals surface area (Å²) < 4.78 is 106. The van der Waals surface area contributed by atoms with Crippen molar-refractivity contribution >= 4 is 52.3 Å². The third-order valence-corrected chi connectivity index (χ3v) is 15.4. The number of carbonyl (C=O) groups is 6. The van der Waals surface area contributed by atoms with Crippen molar-refractivity contribution in [2.24, 2.45) is 0 Å². The topological polar surface area (TPSA) is 341 Å². The minimum Gasteiger partial charge on any atom is -0.379 e. The Balaban J connectivity index is 1.18. The van der Waals surface area contributed by atoms with E-state index >= 15 is 0 Å². The summed E-state index contributed by atoms with van der Waals surface area (Å²) in [6, 6.07) is 16.1. The van der Waals surface area contributed by atoms with E-state index < -0.39 is 11.4 Å². The molecule has 2 aliphatic rings. The number of ether oxygens (including phenoxy) is 19. The maximum absolute atomic E-state index is 13.8. The number of terminal acetylenes is 3. The van der Waals surface area contributed by atoms with Crippen LogP contribution in [0.4, 0.5) is 5.69 Å². The smallest absolute Gasteiger partial charge is 0.227 e. The molecule has 1 aliphatic heterocycles. The number of benzene rings is 2. The second-order valence-electron chi connectivity index (χ2n) is 23.9. The van der Waals surface area contributed by atoms with E-state index in [2.05, 4.69) is 62.5 Å². The van der Waals surface area contributed by atoms with Crippen LogP contribution in [-0.2, 0) is 125 Å². The first-order chi connectivity index (χ1) is 53.1. The second-order valence-corrected chi connectivity index (χ2v) is 23.9. The Morgan fingerprint density at radius 1 is 0.324 bits per heavy atom. The fraction of sp³-hybridized carbons (Fsp3) is 0.662. The van der Waals surface area contributed by atoms with Crippen LogP contribution in [0.1, 0.15) is 61.6 Å². The highest BCUT2D eigenvalue weighted by Gasteiger charge is 2.35. The van der Waals surface area contributed by atoms with Crippen molar-refractivity contribution in [3.8, 4) is 37.0 Å². The van der Waals surface area contributed by atoms with Crippen LogP contribution in [0, 0.1) is 37.0 Å². The Morgan fingerprint density at radius 2 is 0.611 bits per heavy atom. The van der Waals surface area contributed by atoms with E-state index in [-0.39, 0.29) is 207 Å². The lowest BCUT2D eigenvalue weighted by atomic mass is 10.0. The van der Waals surface area contributed by atoms with Crippen molar-refractivity contribution in [3.63, 3.8) is 0 Å². The van der Waals surface area contributed by atoms with E-state index in [4.69, 9.17) is 109 Å². The van der Waals surface area contributed by atoms with E-state index in [1.54, 1.807) is 4.90 Å². The molecule has 31 heteroatoms. The number of carbonyl (C=O) groups excluding carboxylic acids is 6. The van der Waals surface area contributed by atoms with Crippen LogP contribution in [0.2, 0.25) is 0 Å². The van der Waals surface area contributed by atoms with Crippen LogP contribution in [0.5, 0.6) is 0 Å². The van der Waals surface area contributed by atoms with Crippen LogP contribution in [0.25, 0.3) is 11.1 Å². The first-order valence-corrected chi connectivity index (χ1v) is 36.9. The molecule has 6 amide bonds. The SMILES string of the molecule is C#CCOCCOCCOCCOCCNC(=O)CCOCC(COCCC(=O)NCCOCCOCCOCCOCC#C)(COCCC(=O)NCCOCCOCCOCCOCC#C)NC(=O)CCOCCOCCOCCOCCNC(=O)CCC(=O)N1Cc2ccccc2C2=C(C2)c2ccccc21. The predicted molar refractivity (Wildman–Crippen MR) is 398 cm³/mol. The lowest BCUT2D eigenvalue weighted by molar-refractivity contribution is -0.131. The van der Waals surface area contributed by atoms with Gasteiger partial charge in [0.2, 0.25) is 35.4 Å². The molecule has 0 saturated heterocycles. The van der Waals surface area contributed by atoms with Gasteiger partial charge in [-0.15, -0.1) is 19.3 Å². The number of hydrogen-bond acceptors (Lipinski definition) is 25. The second kappa shape index (κ2) is 64.7. The van der Waals surface area contributed by atoms with Crippen LogP contribution < -0.4 is 31.5 Å². The number of nitrogens with one attached hydrogen (secondary N) is 5. The van der Waals surface area contributed by atoms with Gasteiger partial charge in [-0.2, -0.15) is 0 Å². The molecule has 0 fully saturated rings. The lowest BCUT2D eigenvalue weighted by Crippen LogP contribution is -2.59. The number of anilines is 1. The Morgan fingerprint density at radius 3 is 0.981 bits per heavy atom. The molecule has 0 atom stereocenters. The molecule has 2 aromatic carbocycles. The molecule has 0 aromatic heterocycles. The molecule has 604 valence electrons. The van der Waals surface area contributed by atoms with Crippen LogP contribution in [-0.4, -0.2) is 318 Å². The number of rotatable bonds is 73. The van der Waals surface area contributed by atoms with Gasteiger partial charge in [0, 0.05) is 70.3 Å². The molecular formula is C77H116N6O25. The third kappa shape index (κ3) is 47.8. The quantitative estimate of drug-likeness (QED) is 0.0465. The van der Waals surface area contributed by atoms with Crippen molar-refractivity contribution in [3.05, 3.63) is 65.2 Å². The van der Waals surface area contributed by atoms with Gasteiger partial charge in [-0.3, -0.25) is 28.8 Å². The highest BCUT2D eigenvalue weighted by atomic mass is 16.6. The number of amides is 6. The average Bonchev–Trinajstić information content (AvgIpc) is 1.59. The summed E-state index contributed by atoms with van der Waals surface area (Å²) in [5.74, 6) is 5.46. The van der Waals surface area contributed by atoms with Gasteiger partial charge < -0.3 is 121 Å². The molecule has 4 rings (SSSR count). The maximum Gasteiger partial charge on any atom is 0.227 e. The van der Waals surface area contributed by atoms with Gasteiger partial charge in [-0.1, -0.05) is 60.2 Å². The molecule has 2 aromatic rings. The number of allylic oxidation sites excluding steroid dienone is 2. The van der Waals surface area contributed by atoms with Crippen molar-refractivity contribution in [2.75, 3.05) is 282 Å². The van der Waals surface area contributed by atoms with Gasteiger partial charge in [0.25, 0.3) is 0 Å². The Kier molecular flexibility index (Phi) is 55.9. The van der Waals surface area contributed by atoms with Crippen molar-refractivity contribution in [1.29, 1.82) is 0 Å². The molecule has 0 saturated carbocycles. The van der Waals surface area contributed by atoms with Crippen LogP contribution in [0.3, 0.4) is 0 Å². The molecule has 0 unspecified atom stereocenters. The molecular weight excluding hydrogens is 1410 g/mol. The Labute approximate surface area is 636 Å². The fourth-order valence-electron chi connectivity index (χ4n) is 9.99.